The van der Waals surface area contributed by atoms with Gasteiger partial charge < -0.3 is 5.11 Å². The second-order valence-electron chi connectivity index (χ2n) is 6.33. The summed E-state index contributed by atoms with van der Waals surface area (Å²) in [5, 5.41) is 11.8. The molecule has 0 radical (unpaired) electrons. The lowest BCUT2D eigenvalue weighted by Gasteiger charge is -2.13. The average molecular weight is 356 g/mol. The molecule has 0 aliphatic rings. The number of nitrogens with zero attached hydrogens (tertiary/aromatic N) is 2. The smallest absolute Gasteiger partial charge is 0.326 e. The maximum absolute atomic E-state index is 12.9. The molecule has 0 bridgehead atoms. The Hall–Kier alpha value is -2.47. The summed E-state index contributed by atoms with van der Waals surface area (Å²) >= 11 is 1.40. The molecule has 2 aromatic heterocycles. The molecule has 3 aromatic rings. The van der Waals surface area contributed by atoms with Crippen molar-refractivity contribution in [3.8, 4) is 11.1 Å². The Labute approximate surface area is 149 Å². The molecule has 0 saturated carbocycles. The van der Waals surface area contributed by atoms with Crippen molar-refractivity contribution in [2.75, 3.05) is 0 Å². The molecule has 6 heteroatoms. The molecule has 1 unspecified atom stereocenters. The van der Waals surface area contributed by atoms with Crippen molar-refractivity contribution in [3.63, 3.8) is 0 Å². The van der Waals surface area contributed by atoms with Crippen LogP contribution >= 0.6 is 11.3 Å². The van der Waals surface area contributed by atoms with E-state index in [1.807, 2.05) is 17.5 Å². The van der Waals surface area contributed by atoms with Crippen molar-refractivity contribution in [2.24, 2.45) is 0 Å². The van der Waals surface area contributed by atoms with Crippen molar-refractivity contribution >= 4 is 27.5 Å². The Morgan fingerprint density at radius 1 is 1.28 bits per heavy atom. The Morgan fingerprint density at radius 2 is 1.96 bits per heavy atom. The van der Waals surface area contributed by atoms with Gasteiger partial charge in [-0.3, -0.25) is 9.36 Å². The standard InChI is InChI=1S/C19H20N2O3S/c1-4-15(19(23)24)21-10-20-17-16(18(21)22)14(9-25-17)13-7-5-12(6-8-13)11(2)3/h5-11,15H,4H2,1-3H3,(H,23,24). The summed E-state index contributed by atoms with van der Waals surface area (Å²) in [6, 6.07) is 7.22. The molecule has 1 N–H and O–H groups in total. The van der Waals surface area contributed by atoms with Crippen molar-refractivity contribution in [3.05, 3.63) is 51.9 Å². The number of carbonyl (C=O) groups is 1. The third-order valence-corrected chi connectivity index (χ3v) is 5.30. The van der Waals surface area contributed by atoms with Crippen LogP contribution in [0.5, 0.6) is 0 Å². The number of aromatic nitrogens is 2. The van der Waals surface area contributed by atoms with Crippen LogP contribution in [0.25, 0.3) is 21.3 Å². The molecule has 25 heavy (non-hydrogen) atoms. The van der Waals surface area contributed by atoms with Crippen LogP contribution in [0.3, 0.4) is 0 Å². The zero-order valence-electron chi connectivity index (χ0n) is 14.4. The summed E-state index contributed by atoms with van der Waals surface area (Å²) in [4.78, 5) is 29.3. The predicted octanol–water partition coefficient (Wildman–Crippen LogP) is 4.28. The van der Waals surface area contributed by atoms with E-state index in [9.17, 15) is 14.7 Å². The van der Waals surface area contributed by atoms with Gasteiger partial charge in [-0.15, -0.1) is 11.3 Å². The zero-order chi connectivity index (χ0) is 18.1. The predicted molar refractivity (Wildman–Crippen MR) is 100 cm³/mol. The van der Waals surface area contributed by atoms with E-state index in [4.69, 9.17) is 0 Å². The zero-order valence-corrected chi connectivity index (χ0v) is 15.2. The van der Waals surface area contributed by atoms with E-state index in [1.165, 1.54) is 27.8 Å². The van der Waals surface area contributed by atoms with Gasteiger partial charge in [0.05, 0.1) is 11.7 Å². The van der Waals surface area contributed by atoms with Gasteiger partial charge in [-0.25, -0.2) is 9.78 Å². The molecule has 1 atom stereocenters. The fourth-order valence-corrected chi connectivity index (χ4v) is 3.82. The summed E-state index contributed by atoms with van der Waals surface area (Å²) in [5.41, 5.74) is 2.68. The van der Waals surface area contributed by atoms with E-state index in [-0.39, 0.29) is 5.56 Å². The molecule has 0 fully saturated rings. The number of aliphatic carboxylic acids is 1. The highest BCUT2D eigenvalue weighted by Crippen LogP contribution is 2.31. The molecule has 0 amide bonds. The molecule has 1 aromatic carbocycles. The van der Waals surface area contributed by atoms with Crippen LogP contribution in [0.1, 0.15) is 44.7 Å². The number of carboxylic acids is 1. The van der Waals surface area contributed by atoms with Gasteiger partial charge in [0.15, 0.2) is 0 Å². The number of rotatable bonds is 5. The van der Waals surface area contributed by atoms with E-state index in [0.717, 1.165) is 11.1 Å². The fourth-order valence-electron chi connectivity index (χ4n) is 2.92. The summed E-state index contributed by atoms with van der Waals surface area (Å²) < 4.78 is 1.23. The maximum Gasteiger partial charge on any atom is 0.326 e. The topological polar surface area (TPSA) is 72.2 Å². The first-order valence-electron chi connectivity index (χ1n) is 8.25. The summed E-state index contributed by atoms with van der Waals surface area (Å²) in [6.07, 6.45) is 1.67. The van der Waals surface area contributed by atoms with Crippen LogP contribution in [0.4, 0.5) is 0 Å². The number of carboxylic acid groups (broad SMARTS) is 1. The molecule has 0 spiro atoms. The minimum atomic E-state index is -1.02. The number of hydrogen-bond acceptors (Lipinski definition) is 4. The van der Waals surface area contributed by atoms with Gasteiger partial charge in [0.25, 0.3) is 5.56 Å². The summed E-state index contributed by atoms with van der Waals surface area (Å²) in [6.45, 7) is 6.01. The van der Waals surface area contributed by atoms with Crippen LogP contribution in [0, 0.1) is 0 Å². The van der Waals surface area contributed by atoms with Crippen LogP contribution < -0.4 is 5.56 Å². The van der Waals surface area contributed by atoms with Crippen LogP contribution in [0.2, 0.25) is 0 Å². The van der Waals surface area contributed by atoms with Crippen LogP contribution in [-0.2, 0) is 4.79 Å². The van der Waals surface area contributed by atoms with Crippen molar-refractivity contribution in [2.45, 2.75) is 39.2 Å². The normalized spacial score (nSPS) is 12.6. The molecule has 5 nitrogen and oxygen atoms in total. The summed E-state index contributed by atoms with van der Waals surface area (Å²) in [5.74, 6) is -0.586. The van der Waals surface area contributed by atoms with Gasteiger partial charge in [-0.05, 0) is 23.5 Å². The highest BCUT2D eigenvalue weighted by Gasteiger charge is 2.21. The van der Waals surface area contributed by atoms with Gasteiger partial charge >= 0.3 is 5.97 Å². The molecule has 0 aliphatic carbocycles. The minimum Gasteiger partial charge on any atom is -0.480 e. The van der Waals surface area contributed by atoms with Gasteiger partial charge in [0, 0.05) is 10.9 Å². The van der Waals surface area contributed by atoms with Gasteiger partial charge in [0.1, 0.15) is 10.9 Å². The first-order chi connectivity index (χ1) is 11.9. The van der Waals surface area contributed by atoms with Crippen molar-refractivity contribution < 1.29 is 9.90 Å². The third kappa shape index (κ3) is 3.09. The SMILES string of the molecule is CCC(C(=O)O)n1cnc2scc(-c3ccc(C(C)C)cc3)c2c1=O. The highest BCUT2D eigenvalue weighted by atomic mass is 32.1. The lowest BCUT2D eigenvalue weighted by atomic mass is 9.99. The molecule has 0 aliphatic heterocycles. The minimum absolute atomic E-state index is 0.302. The monoisotopic (exact) mass is 356 g/mol. The molecular formula is C19H20N2O3S. The van der Waals surface area contributed by atoms with Crippen LogP contribution in [0.15, 0.2) is 40.8 Å². The second kappa shape index (κ2) is 6.80. The molecule has 2 heterocycles. The Morgan fingerprint density at radius 3 is 2.52 bits per heavy atom. The third-order valence-electron chi connectivity index (χ3n) is 4.42. The Balaban J connectivity index is 2.17. The van der Waals surface area contributed by atoms with E-state index < -0.39 is 12.0 Å². The largest absolute Gasteiger partial charge is 0.480 e. The maximum atomic E-state index is 12.9. The van der Waals surface area contributed by atoms with Gasteiger partial charge in [-0.1, -0.05) is 45.0 Å². The quantitative estimate of drug-likeness (QED) is 0.740. The Bertz CT molecular complexity index is 970. The number of benzene rings is 1. The Kier molecular flexibility index (Phi) is 4.72. The molecular weight excluding hydrogens is 336 g/mol. The first-order valence-corrected chi connectivity index (χ1v) is 9.13. The molecule has 130 valence electrons. The number of hydrogen-bond donors (Lipinski definition) is 1. The second-order valence-corrected chi connectivity index (χ2v) is 7.18. The molecule has 0 saturated heterocycles. The fraction of sp³-hybridized carbons (Fsp3) is 0.316. The van der Waals surface area contributed by atoms with Crippen molar-refractivity contribution in [1.29, 1.82) is 0 Å². The van der Waals surface area contributed by atoms with Gasteiger partial charge in [-0.2, -0.15) is 0 Å². The highest BCUT2D eigenvalue weighted by molar-refractivity contribution is 7.17. The van der Waals surface area contributed by atoms with E-state index in [2.05, 4.69) is 31.0 Å². The van der Waals surface area contributed by atoms with E-state index in [0.29, 0.717) is 22.6 Å². The first kappa shape index (κ1) is 17.4. The number of fused-ring (bicyclic) bond motifs is 1. The average Bonchev–Trinajstić information content (AvgIpc) is 3.02. The number of thiophene rings is 1. The van der Waals surface area contributed by atoms with Crippen LogP contribution in [-0.4, -0.2) is 20.6 Å². The molecule has 3 rings (SSSR count). The van der Waals surface area contributed by atoms with Crippen molar-refractivity contribution in [1.82, 2.24) is 9.55 Å². The lowest BCUT2D eigenvalue weighted by Crippen LogP contribution is -2.29. The lowest BCUT2D eigenvalue weighted by molar-refractivity contribution is -0.141. The van der Waals surface area contributed by atoms with E-state index in [1.54, 1.807) is 6.92 Å². The van der Waals surface area contributed by atoms with E-state index >= 15 is 0 Å². The van der Waals surface area contributed by atoms with Gasteiger partial charge in [0.2, 0.25) is 0 Å². The summed E-state index contributed by atoms with van der Waals surface area (Å²) in [7, 11) is 0.